The minimum atomic E-state index is -2.16. The smallest absolute Gasteiger partial charge is 0.354 e. The van der Waals surface area contributed by atoms with Gasteiger partial charge in [0, 0.05) is 19.3 Å². The van der Waals surface area contributed by atoms with E-state index in [2.05, 4.69) is 20.8 Å². The van der Waals surface area contributed by atoms with Gasteiger partial charge in [0.2, 0.25) is 6.29 Å². The Hall–Kier alpha value is -2.48. The molecule has 12 heteroatoms. The zero-order valence-electron chi connectivity index (χ0n) is 27.2. The lowest BCUT2D eigenvalue weighted by atomic mass is 9.89. The van der Waals surface area contributed by atoms with Crippen molar-refractivity contribution in [2.24, 2.45) is 0 Å². The van der Waals surface area contributed by atoms with E-state index in [-0.39, 0.29) is 17.6 Å². The zero-order chi connectivity index (χ0) is 32.2. The quantitative estimate of drug-likeness (QED) is 0.172. The van der Waals surface area contributed by atoms with Crippen LogP contribution >= 0.6 is 0 Å². The van der Waals surface area contributed by atoms with E-state index in [0.717, 1.165) is 37.4 Å². The minimum absolute atomic E-state index is 0.0431. The van der Waals surface area contributed by atoms with Crippen LogP contribution in [0, 0.1) is 6.92 Å². The van der Waals surface area contributed by atoms with Crippen molar-refractivity contribution in [2.75, 3.05) is 20.3 Å². The average molecular weight is 637 g/mol. The molecule has 1 N–H and O–H groups in total. The number of benzene rings is 1. The van der Waals surface area contributed by atoms with Gasteiger partial charge in [-0.05, 0) is 77.2 Å². The third-order valence-electron chi connectivity index (χ3n) is 8.99. The lowest BCUT2D eigenvalue weighted by Crippen LogP contribution is -2.67. The molecule has 2 fully saturated rings. The van der Waals surface area contributed by atoms with Gasteiger partial charge in [-0.25, -0.2) is 9.59 Å². The molecule has 1 aromatic heterocycles. The van der Waals surface area contributed by atoms with E-state index in [0.29, 0.717) is 17.9 Å². The molecule has 0 spiro atoms. The predicted molar refractivity (Wildman–Crippen MR) is 166 cm³/mol. The standard InChI is InChI=1S/C32H48O11Si/c1-9-37-29(34)23-24(33)20-16-17-21(19(5)25(20)41-30(23)35)39-31-27(40-22-15-13-14-18-38-22)26(28(36-8)32(6,7)42-31)43-44(10-2,11-3)12-4/h16-17,22,26-28,31,33H,9-15,18H2,1-8H3/t22?,26-,27+,28+,31+/m0/s1. The second-order valence-corrected chi connectivity index (χ2v) is 16.7. The van der Waals surface area contributed by atoms with Gasteiger partial charge in [0.05, 0.1) is 17.6 Å². The van der Waals surface area contributed by atoms with Gasteiger partial charge in [-0.2, -0.15) is 0 Å². The molecule has 2 saturated heterocycles. The number of hydrogen-bond acceptors (Lipinski definition) is 11. The Morgan fingerprint density at radius 1 is 1.09 bits per heavy atom. The topological polar surface area (TPSA) is 132 Å². The molecular formula is C32H48O11Si. The van der Waals surface area contributed by atoms with Gasteiger partial charge in [0.15, 0.2) is 26.3 Å². The fraction of sp³-hybridized carbons (Fsp3) is 0.688. The highest BCUT2D eigenvalue weighted by atomic mass is 28.4. The molecule has 246 valence electrons. The Morgan fingerprint density at radius 3 is 2.39 bits per heavy atom. The first-order chi connectivity index (χ1) is 21.0. The Balaban J connectivity index is 1.78. The molecule has 0 amide bonds. The van der Waals surface area contributed by atoms with Crippen LogP contribution in [-0.4, -0.2) is 76.2 Å². The zero-order valence-corrected chi connectivity index (χ0v) is 28.2. The molecule has 11 nitrogen and oxygen atoms in total. The average Bonchev–Trinajstić information content (AvgIpc) is 2.99. The van der Waals surface area contributed by atoms with Crippen LogP contribution < -0.4 is 10.4 Å². The Morgan fingerprint density at radius 2 is 1.80 bits per heavy atom. The van der Waals surface area contributed by atoms with Gasteiger partial charge in [0.25, 0.3) is 0 Å². The highest BCUT2D eigenvalue weighted by Gasteiger charge is 2.55. The first-order valence-corrected chi connectivity index (χ1v) is 18.3. The summed E-state index contributed by atoms with van der Waals surface area (Å²) in [5.74, 6) is -1.11. The van der Waals surface area contributed by atoms with Crippen LogP contribution in [0.25, 0.3) is 11.0 Å². The summed E-state index contributed by atoms with van der Waals surface area (Å²) in [6.45, 7) is 14.4. The number of methoxy groups -OCH3 is 1. The number of aromatic hydroxyl groups is 1. The number of fused-ring (bicyclic) bond motifs is 1. The number of ether oxygens (including phenoxy) is 6. The third-order valence-corrected chi connectivity index (χ3v) is 13.6. The highest BCUT2D eigenvalue weighted by Crippen LogP contribution is 2.41. The molecular weight excluding hydrogens is 588 g/mol. The van der Waals surface area contributed by atoms with Gasteiger partial charge in [-0.3, -0.25) is 0 Å². The van der Waals surface area contributed by atoms with Crippen LogP contribution in [-0.2, 0) is 28.1 Å². The van der Waals surface area contributed by atoms with Gasteiger partial charge in [-0.15, -0.1) is 0 Å². The summed E-state index contributed by atoms with van der Waals surface area (Å²) in [7, 11) is -0.509. The normalized spacial score (nSPS) is 25.6. The first-order valence-electron chi connectivity index (χ1n) is 15.7. The number of carbonyl (C=O) groups is 1. The van der Waals surface area contributed by atoms with Gasteiger partial charge in [-0.1, -0.05) is 20.8 Å². The maximum atomic E-state index is 12.8. The molecule has 2 aromatic rings. The van der Waals surface area contributed by atoms with E-state index in [1.54, 1.807) is 27.0 Å². The molecule has 44 heavy (non-hydrogen) atoms. The van der Waals surface area contributed by atoms with Crippen molar-refractivity contribution in [3.63, 3.8) is 0 Å². The third kappa shape index (κ3) is 6.85. The van der Waals surface area contributed by atoms with Gasteiger partial charge in [0.1, 0.15) is 29.3 Å². The SMILES string of the molecule is CCOC(=O)c1c(O)c2ccc(O[C@@H]3OC(C)(C)[C@H](OC)[C@@H](O[Si](CC)(CC)CC)[C@H]3OC3CCCCO3)c(C)c2oc1=O. The summed E-state index contributed by atoms with van der Waals surface area (Å²) in [4.78, 5) is 25.1. The van der Waals surface area contributed by atoms with Crippen molar-refractivity contribution in [3.8, 4) is 11.5 Å². The Kier molecular flexibility index (Phi) is 11.2. The summed E-state index contributed by atoms with van der Waals surface area (Å²) >= 11 is 0. The molecule has 1 aromatic carbocycles. The highest BCUT2D eigenvalue weighted by molar-refractivity contribution is 6.73. The minimum Gasteiger partial charge on any atom is -0.506 e. The Labute approximate surface area is 260 Å². The predicted octanol–water partition coefficient (Wildman–Crippen LogP) is 5.81. The van der Waals surface area contributed by atoms with E-state index in [1.165, 1.54) is 6.07 Å². The largest absolute Gasteiger partial charge is 0.506 e. The molecule has 0 saturated carbocycles. The summed E-state index contributed by atoms with van der Waals surface area (Å²) in [5.41, 5.74) is -1.86. The molecule has 2 aliphatic rings. The summed E-state index contributed by atoms with van der Waals surface area (Å²) in [6.07, 6.45) is -0.402. The fourth-order valence-corrected chi connectivity index (χ4v) is 9.06. The molecule has 5 atom stereocenters. The van der Waals surface area contributed by atoms with Gasteiger partial charge >= 0.3 is 11.6 Å². The molecule has 2 aliphatic heterocycles. The monoisotopic (exact) mass is 636 g/mol. The number of rotatable bonds is 12. The van der Waals surface area contributed by atoms with Crippen molar-refractivity contribution in [3.05, 3.63) is 33.7 Å². The second kappa shape index (κ2) is 14.3. The van der Waals surface area contributed by atoms with Crippen LogP contribution in [0.2, 0.25) is 18.1 Å². The van der Waals surface area contributed by atoms with E-state index >= 15 is 0 Å². The fourth-order valence-electron chi connectivity index (χ4n) is 6.22. The maximum Gasteiger partial charge on any atom is 0.354 e. The molecule has 0 aliphatic carbocycles. The van der Waals surface area contributed by atoms with E-state index in [1.807, 2.05) is 13.8 Å². The van der Waals surface area contributed by atoms with Crippen molar-refractivity contribution >= 4 is 25.3 Å². The van der Waals surface area contributed by atoms with Crippen LogP contribution in [0.1, 0.15) is 76.7 Å². The molecule has 0 radical (unpaired) electrons. The summed E-state index contributed by atoms with van der Waals surface area (Å²) in [6, 6.07) is 5.98. The van der Waals surface area contributed by atoms with E-state index in [9.17, 15) is 14.7 Å². The summed E-state index contributed by atoms with van der Waals surface area (Å²) < 4.78 is 49.4. The molecule has 0 bridgehead atoms. The van der Waals surface area contributed by atoms with E-state index in [4.69, 9.17) is 37.3 Å². The number of esters is 1. The Bertz CT molecular complexity index is 1340. The van der Waals surface area contributed by atoms with Crippen molar-refractivity contribution in [1.82, 2.24) is 0 Å². The van der Waals surface area contributed by atoms with Gasteiger partial charge < -0.3 is 42.4 Å². The van der Waals surface area contributed by atoms with Crippen LogP contribution in [0.5, 0.6) is 11.5 Å². The number of carbonyl (C=O) groups excluding carboxylic acids is 1. The molecule has 1 unspecified atom stereocenters. The first kappa shape index (κ1) is 34.4. The van der Waals surface area contributed by atoms with Crippen molar-refractivity contribution in [1.29, 1.82) is 0 Å². The number of aryl methyl sites for hydroxylation is 1. The van der Waals surface area contributed by atoms with Crippen LogP contribution in [0.3, 0.4) is 0 Å². The second-order valence-electron chi connectivity index (χ2n) is 12.0. The van der Waals surface area contributed by atoms with Crippen molar-refractivity contribution < 1.29 is 47.2 Å². The lowest BCUT2D eigenvalue weighted by Gasteiger charge is -2.52. The van der Waals surface area contributed by atoms with Crippen molar-refractivity contribution in [2.45, 2.75) is 122 Å². The van der Waals surface area contributed by atoms with Crippen LogP contribution in [0.4, 0.5) is 0 Å². The summed E-state index contributed by atoms with van der Waals surface area (Å²) in [5, 5.41) is 11.0. The lowest BCUT2D eigenvalue weighted by molar-refractivity contribution is -0.336. The molecule has 4 rings (SSSR count). The maximum absolute atomic E-state index is 12.8. The van der Waals surface area contributed by atoms with Crippen LogP contribution in [0.15, 0.2) is 21.3 Å². The van der Waals surface area contributed by atoms with E-state index < -0.39 is 67.7 Å². The number of hydrogen-bond donors (Lipinski definition) is 1. The molecule has 3 heterocycles.